The van der Waals surface area contributed by atoms with Crippen LogP contribution in [0.1, 0.15) is 16.8 Å². The van der Waals surface area contributed by atoms with Gasteiger partial charge in [0.1, 0.15) is 11.6 Å². The van der Waals surface area contributed by atoms with E-state index in [1.807, 2.05) is 24.4 Å². The lowest BCUT2D eigenvalue weighted by Gasteiger charge is -2.06. The standard InChI is InChI=1S/C16H10ClN3O/c1-20-7-8-5-12-14(13(8)10(6-18)16(20)21)9-3-2-4-11(17)15(9)19-12/h2-4,7,19H,5H2,1H3. The molecule has 5 heteroatoms. The van der Waals surface area contributed by atoms with Gasteiger partial charge in [0.25, 0.3) is 5.56 Å². The van der Waals surface area contributed by atoms with Crippen molar-refractivity contribution in [2.45, 2.75) is 6.42 Å². The molecule has 0 saturated carbocycles. The van der Waals surface area contributed by atoms with Crippen molar-refractivity contribution in [3.8, 4) is 17.2 Å². The van der Waals surface area contributed by atoms with Crippen LogP contribution < -0.4 is 5.56 Å². The molecule has 0 spiro atoms. The molecular formula is C16H10ClN3O. The summed E-state index contributed by atoms with van der Waals surface area (Å²) in [6.07, 6.45) is 2.49. The molecule has 21 heavy (non-hydrogen) atoms. The van der Waals surface area contributed by atoms with E-state index < -0.39 is 0 Å². The fraction of sp³-hybridized carbons (Fsp3) is 0.125. The fourth-order valence-electron chi connectivity index (χ4n) is 3.17. The summed E-state index contributed by atoms with van der Waals surface area (Å²) in [6, 6.07) is 7.73. The summed E-state index contributed by atoms with van der Waals surface area (Å²) in [5.74, 6) is 0. The van der Waals surface area contributed by atoms with Crippen LogP contribution >= 0.6 is 11.6 Å². The van der Waals surface area contributed by atoms with Crippen LogP contribution in [0.3, 0.4) is 0 Å². The summed E-state index contributed by atoms with van der Waals surface area (Å²) in [4.78, 5) is 15.5. The maximum atomic E-state index is 12.2. The number of nitrogens with one attached hydrogen (secondary N) is 1. The van der Waals surface area contributed by atoms with E-state index in [0.717, 1.165) is 33.3 Å². The van der Waals surface area contributed by atoms with Crippen LogP contribution in [-0.4, -0.2) is 9.55 Å². The molecule has 1 aliphatic carbocycles. The van der Waals surface area contributed by atoms with Crippen molar-refractivity contribution in [1.29, 1.82) is 5.26 Å². The van der Waals surface area contributed by atoms with Gasteiger partial charge in [-0.3, -0.25) is 4.79 Å². The van der Waals surface area contributed by atoms with Crippen LogP contribution in [0.2, 0.25) is 5.02 Å². The molecular weight excluding hydrogens is 286 g/mol. The van der Waals surface area contributed by atoms with E-state index in [4.69, 9.17) is 11.6 Å². The van der Waals surface area contributed by atoms with Gasteiger partial charge < -0.3 is 9.55 Å². The van der Waals surface area contributed by atoms with Crippen LogP contribution in [0, 0.1) is 11.3 Å². The number of para-hydroxylation sites is 1. The predicted octanol–water partition coefficient (Wildman–Crippen LogP) is 2.96. The highest BCUT2D eigenvalue weighted by atomic mass is 35.5. The molecule has 0 atom stereocenters. The van der Waals surface area contributed by atoms with Gasteiger partial charge in [0.2, 0.25) is 0 Å². The number of nitrogens with zero attached hydrogens (tertiary/aromatic N) is 2. The first kappa shape index (κ1) is 12.2. The largest absolute Gasteiger partial charge is 0.356 e. The molecule has 0 unspecified atom stereocenters. The highest BCUT2D eigenvalue weighted by molar-refractivity contribution is 6.35. The van der Waals surface area contributed by atoms with E-state index in [1.165, 1.54) is 4.57 Å². The second-order valence-corrected chi connectivity index (χ2v) is 5.66. The minimum atomic E-state index is -0.263. The number of hydrogen-bond donors (Lipinski definition) is 1. The molecule has 102 valence electrons. The molecule has 0 aliphatic heterocycles. The maximum Gasteiger partial charge on any atom is 0.268 e. The summed E-state index contributed by atoms with van der Waals surface area (Å²) in [7, 11) is 1.67. The number of aryl methyl sites for hydroxylation is 1. The Hall–Kier alpha value is -2.51. The normalized spacial score (nSPS) is 12.2. The quantitative estimate of drug-likeness (QED) is 0.542. The van der Waals surface area contributed by atoms with Crippen LogP contribution in [0.5, 0.6) is 0 Å². The van der Waals surface area contributed by atoms with E-state index in [1.54, 1.807) is 7.05 Å². The van der Waals surface area contributed by atoms with Gasteiger partial charge in [-0.15, -0.1) is 0 Å². The highest BCUT2D eigenvalue weighted by Gasteiger charge is 2.28. The number of pyridine rings is 1. The molecule has 2 aromatic heterocycles. The number of fused-ring (bicyclic) bond motifs is 5. The number of nitriles is 1. The molecule has 1 N–H and O–H groups in total. The van der Waals surface area contributed by atoms with Crippen LogP contribution in [0.4, 0.5) is 0 Å². The minimum Gasteiger partial charge on any atom is -0.356 e. The summed E-state index contributed by atoms with van der Waals surface area (Å²) in [5.41, 5.74) is 4.50. The zero-order valence-electron chi connectivity index (χ0n) is 11.2. The Morgan fingerprint density at radius 2 is 2.19 bits per heavy atom. The van der Waals surface area contributed by atoms with Crippen molar-refractivity contribution < 1.29 is 0 Å². The Labute approximate surface area is 125 Å². The molecule has 4 rings (SSSR count). The zero-order valence-corrected chi connectivity index (χ0v) is 12.0. The molecule has 4 nitrogen and oxygen atoms in total. The number of H-pyrrole nitrogens is 1. The lowest BCUT2D eigenvalue weighted by Crippen LogP contribution is -2.20. The van der Waals surface area contributed by atoms with Gasteiger partial charge >= 0.3 is 0 Å². The average molecular weight is 296 g/mol. The fourth-order valence-corrected chi connectivity index (χ4v) is 3.39. The van der Waals surface area contributed by atoms with Crippen molar-refractivity contribution in [3.05, 3.63) is 56.6 Å². The molecule has 2 heterocycles. The Bertz CT molecular complexity index is 1020. The predicted molar refractivity (Wildman–Crippen MR) is 81.5 cm³/mol. The van der Waals surface area contributed by atoms with E-state index in [2.05, 4.69) is 11.1 Å². The Morgan fingerprint density at radius 3 is 2.95 bits per heavy atom. The van der Waals surface area contributed by atoms with Crippen LogP contribution in [0.15, 0.2) is 29.2 Å². The van der Waals surface area contributed by atoms with Crippen LogP contribution in [-0.2, 0) is 13.5 Å². The summed E-state index contributed by atoms with van der Waals surface area (Å²) in [5, 5.41) is 11.0. The maximum absolute atomic E-state index is 12.2. The topological polar surface area (TPSA) is 61.6 Å². The third kappa shape index (κ3) is 1.47. The van der Waals surface area contributed by atoms with E-state index in [9.17, 15) is 10.1 Å². The van der Waals surface area contributed by atoms with Gasteiger partial charge in [0.15, 0.2) is 0 Å². The lowest BCUT2D eigenvalue weighted by atomic mass is 10.0. The van der Waals surface area contributed by atoms with E-state index >= 15 is 0 Å². The van der Waals surface area contributed by atoms with Gasteiger partial charge in [-0.25, -0.2) is 0 Å². The number of benzene rings is 1. The third-order valence-corrected chi connectivity index (χ3v) is 4.36. The zero-order chi connectivity index (χ0) is 14.7. The van der Waals surface area contributed by atoms with Gasteiger partial charge in [0.05, 0.1) is 10.5 Å². The van der Waals surface area contributed by atoms with Gasteiger partial charge in [-0.1, -0.05) is 23.7 Å². The first-order chi connectivity index (χ1) is 10.1. The van der Waals surface area contributed by atoms with Crippen LogP contribution in [0.25, 0.3) is 22.0 Å². The molecule has 0 radical (unpaired) electrons. The Morgan fingerprint density at radius 1 is 1.38 bits per heavy atom. The Kier molecular flexibility index (Phi) is 2.33. The minimum absolute atomic E-state index is 0.203. The smallest absolute Gasteiger partial charge is 0.268 e. The second kappa shape index (κ2) is 4.00. The van der Waals surface area contributed by atoms with Crippen molar-refractivity contribution in [2.75, 3.05) is 0 Å². The van der Waals surface area contributed by atoms with Crippen molar-refractivity contribution >= 4 is 22.5 Å². The van der Waals surface area contributed by atoms with Crippen molar-refractivity contribution in [3.63, 3.8) is 0 Å². The molecule has 0 fully saturated rings. The highest BCUT2D eigenvalue weighted by Crippen LogP contribution is 2.43. The number of hydrogen-bond acceptors (Lipinski definition) is 2. The molecule has 0 saturated heterocycles. The first-order valence-electron chi connectivity index (χ1n) is 6.54. The SMILES string of the molecule is Cn1cc2c(c(C#N)c1=O)-c1c([nH]c3c(Cl)cccc13)C2. The van der Waals surface area contributed by atoms with Gasteiger partial charge in [-0.2, -0.15) is 5.26 Å². The number of rotatable bonds is 0. The molecule has 1 aliphatic rings. The molecule has 1 aromatic carbocycles. The molecule has 0 amide bonds. The van der Waals surface area contributed by atoms with Crippen molar-refractivity contribution in [1.82, 2.24) is 9.55 Å². The van der Waals surface area contributed by atoms with Crippen molar-refractivity contribution in [2.24, 2.45) is 7.05 Å². The number of aromatic amines is 1. The molecule has 0 bridgehead atoms. The Balaban J connectivity index is 2.19. The number of halogens is 1. The summed E-state index contributed by atoms with van der Waals surface area (Å²) >= 11 is 6.22. The van der Waals surface area contributed by atoms with E-state index in [0.29, 0.717) is 11.4 Å². The van der Waals surface area contributed by atoms with Gasteiger partial charge in [0, 0.05) is 41.9 Å². The summed E-state index contributed by atoms with van der Waals surface area (Å²) in [6.45, 7) is 0. The third-order valence-electron chi connectivity index (χ3n) is 4.04. The first-order valence-corrected chi connectivity index (χ1v) is 6.91. The number of aromatic nitrogens is 2. The second-order valence-electron chi connectivity index (χ2n) is 5.25. The summed E-state index contributed by atoms with van der Waals surface area (Å²) < 4.78 is 1.47. The lowest BCUT2D eigenvalue weighted by molar-refractivity contribution is 0.845. The van der Waals surface area contributed by atoms with Gasteiger partial charge in [-0.05, 0) is 11.6 Å². The van der Waals surface area contributed by atoms with E-state index in [-0.39, 0.29) is 11.1 Å². The average Bonchev–Trinajstić information content (AvgIpc) is 2.97. The monoisotopic (exact) mass is 295 g/mol. The molecule has 3 aromatic rings.